The molecule has 1 aromatic carbocycles. The molecule has 0 spiro atoms. The van der Waals surface area contributed by atoms with Gasteiger partial charge in [-0.1, -0.05) is 13.8 Å². The number of anilines is 1. The number of hydrogen-bond acceptors (Lipinski definition) is 4. The van der Waals surface area contributed by atoms with Crippen molar-refractivity contribution in [3.8, 4) is 11.5 Å². The van der Waals surface area contributed by atoms with E-state index in [-0.39, 0.29) is 17.6 Å². The van der Waals surface area contributed by atoms with Gasteiger partial charge in [0.05, 0.1) is 5.56 Å². The fraction of sp³-hybridized carbons (Fsp3) is 0.273. The molecule has 5 heteroatoms. The first kappa shape index (κ1) is 10.6. The molecular weight excluding hydrogens is 209 g/mol. The van der Waals surface area contributed by atoms with E-state index in [9.17, 15) is 4.39 Å². The molecule has 0 radical (unpaired) electrons. The summed E-state index contributed by atoms with van der Waals surface area (Å²) in [5, 5.41) is 7.71. The Morgan fingerprint density at radius 1 is 1.31 bits per heavy atom. The second-order valence-electron chi connectivity index (χ2n) is 3.83. The van der Waals surface area contributed by atoms with E-state index in [1.165, 1.54) is 18.2 Å². The van der Waals surface area contributed by atoms with Gasteiger partial charge in [-0.25, -0.2) is 4.39 Å². The van der Waals surface area contributed by atoms with E-state index in [0.717, 1.165) is 0 Å². The Hall–Kier alpha value is -1.91. The van der Waals surface area contributed by atoms with Crippen LogP contribution in [0.25, 0.3) is 11.5 Å². The molecule has 0 saturated carbocycles. The molecule has 0 atom stereocenters. The summed E-state index contributed by atoms with van der Waals surface area (Å²) in [4.78, 5) is 0. The molecule has 2 rings (SSSR count). The molecule has 2 N–H and O–H groups in total. The number of rotatable bonds is 2. The zero-order valence-electron chi connectivity index (χ0n) is 9.07. The van der Waals surface area contributed by atoms with Gasteiger partial charge in [0.15, 0.2) is 0 Å². The molecule has 0 aliphatic heterocycles. The van der Waals surface area contributed by atoms with Crippen LogP contribution in [-0.2, 0) is 0 Å². The van der Waals surface area contributed by atoms with Crippen molar-refractivity contribution < 1.29 is 8.81 Å². The van der Waals surface area contributed by atoms with Crippen molar-refractivity contribution in [2.24, 2.45) is 0 Å². The van der Waals surface area contributed by atoms with Crippen LogP contribution in [0.4, 0.5) is 10.1 Å². The first-order valence-corrected chi connectivity index (χ1v) is 4.96. The first-order chi connectivity index (χ1) is 7.58. The van der Waals surface area contributed by atoms with Crippen LogP contribution < -0.4 is 5.73 Å². The Bertz CT molecular complexity index is 508. The molecule has 0 aliphatic carbocycles. The molecule has 0 bridgehead atoms. The van der Waals surface area contributed by atoms with Crippen molar-refractivity contribution in [1.29, 1.82) is 0 Å². The van der Waals surface area contributed by atoms with Crippen LogP contribution in [-0.4, -0.2) is 10.2 Å². The third kappa shape index (κ3) is 1.88. The minimum absolute atomic E-state index is 0.135. The highest BCUT2D eigenvalue weighted by Gasteiger charge is 2.14. The van der Waals surface area contributed by atoms with Gasteiger partial charge in [0.2, 0.25) is 11.8 Å². The normalized spacial score (nSPS) is 11.0. The summed E-state index contributed by atoms with van der Waals surface area (Å²) < 4.78 is 18.5. The molecule has 0 unspecified atom stereocenters. The average molecular weight is 221 g/mol. The second kappa shape index (κ2) is 3.92. The zero-order chi connectivity index (χ0) is 11.7. The Kier molecular flexibility index (Phi) is 2.60. The number of nitrogens with two attached hydrogens (primary N) is 1. The number of benzene rings is 1. The summed E-state index contributed by atoms with van der Waals surface area (Å²) in [5.41, 5.74) is 6.56. The molecule has 2 aromatic rings. The van der Waals surface area contributed by atoms with E-state index in [1.54, 1.807) is 0 Å². The fourth-order valence-corrected chi connectivity index (χ4v) is 1.29. The van der Waals surface area contributed by atoms with Crippen molar-refractivity contribution in [3.05, 3.63) is 29.9 Å². The number of nitrogen functional groups attached to an aromatic ring is 1. The summed E-state index contributed by atoms with van der Waals surface area (Å²) >= 11 is 0. The lowest BCUT2D eigenvalue weighted by Crippen LogP contribution is -1.91. The van der Waals surface area contributed by atoms with Crippen molar-refractivity contribution in [2.75, 3.05) is 5.73 Å². The van der Waals surface area contributed by atoms with Gasteiger partial charge < -0.3 is 10.2 Å². The van der Waals surface area contributed by atoms with Gasteiger partial charge in [-0.05, 0) is 18.2 Å². The van der Waals surface area contributed by atoms with Gasteiger partial charge in [-0.3, -0.25) is 0 Å². The lowest BCUT2D eigenvalue weighted by molar-refractivity contribution is 0.481. The van der Waals surface area contributed by atoms with Crippen molar-refractivity contribution in [2.45, 2.75) is 19.8 Å². The molecule has 0 saturated heterocycles. The van der Waals surface area contributed by atoms with E-state index < -0.39 is 0 Å². The Labute approximate surface area is 92.3 Å². The van der Waals surface area contributed by atoms with Crippen LogP contribution in [0.5, 0.6) is 0 Å². The molecule has 0 fully saturated rings. The monoisotopic (exact) mass is 221 g/mol. The quantitative estimate of drug-likeness (QED) is 0.791. The van der Waals surface area contributed by atoms with Crippen LogP contribution in [0.2, 0.25) is 0 Å². The standard InChI is InChI=1S/C11H12FN3O/c1-6(2)10-14-15-11(16-10)8-5-7(12)3-4-9(8)13/h3-6H,13H2,1-2H3. The summed E-state index contributed by atoms with van der Waals surface area (Å²) in [7, 11) is 0. The lowest BCUT2D eigenvalue weighted by Gasteiger charge is -2.00. The van der Waals surface area contributed by atoms with E-state index in [4.69, 9.17) is 10.2 Å². The first-order valence-electron chi connectivity index (χ1n) is 4.96. The topological polar surface area (TPSA) is 64.9 Å². The van der Waals surface area contributed by atoms with Crippen LogP contribution in [0.3, 0.4) is 0 Å². The van der Waals surface area contributed by atoms with Crippen LogP contribution in [0.15, 0.2) is 22.6 Å². The predicted molar refractivity (Wildman–Crippen MR) is 58.2 cm³/mol. The lowest BCUT2D eigenvalue weighted by atomic mass is 10.2. The Balaban J connectivity index is 2.46. The van der Waals surface area contributed by atoms with Crippen LogP contribution >= 0.6 is 0 Å². The summed E-state index contributed by atoms with van der Waals surface area (Å²) in [5.74, 6) is 0.517. The SMILES string of the molecule is CC(C)c1nnc(-c2cc(F)ccc2N)o1. The largest absolute Gasteiger partial charge is 0.420 e. The minimum atomic E-state index is -0.381. The second-order valence-corrected chi connectivity index (χ2v) is 3.83. The summed E-state index contributed by atoms with van der Waals surface area (Å²) in [6, 6.07) is 4.05. The van der Waals surface area contributed by atoms with E-state index in [0.29, 0.717) is 17.1 Å². The Morgan fingerprint density at radius 3 is 2.69 bits per heavy atom. The molecule has 16 heavy (non-hydrogen) atoms. The van der Waals surface area contributed by atoms with Gasteiger partial charge in [-0.2, -0.15) is 0 Å². The molecule has 84 valence electrons. The fourth-order valence-electron chi connectivity index (χ4n) is 1.29. The van der Waals surface area contributed by atoms with E-state index in [2.05, 4.69) is 10.2 Å². The highest BCUT2D eigenvalue weighted by Crippen LogP contribution is 2.26. The van der Waals surface area contributed by atoms with Gasteiger partial charge >= 0.3 is 0 Å². The molecule has 1 aromatic heterocycles. The van der Waals surface area contributed by atoms with Crippen LogP contribution in [0, 0.1) is 5.82 Å². The van der Waals surface area contributed by atoms with Crippen molar-refractivity contribution >= 4 is 5.69 Å². The maximum absolute atomic E-state index is 13.1. The third-order valence-corrected chi connectivity index (χ3v) is 2.18. The smallest absolute Gasteiger partial charge is 0.249 e. The van der Waals surface area contributed by atoms with E-state index in [1.807, 2.05) is 13.8 Å². The van der Waals surface area contributed by atoms with Crippen molar-refractivity contribution in [3.63, 3.8) is 0 Å². The van der Waals surface area contributed by atoms with Gasteiger partial charge in [0.1, 0.15) is 5.82 Å². The van der Waals surface area contributed by atoms with E-state index >= 15 is 0 Å². The summed E-state index contributed by atoms with van der Waals surface area (Å²) in [6.45, 7) is 3.87. The molecule has 4 nitrogen and oxygen atoms in total. The maximum Gasteiger partial charge on any atom is 0.249 e. The number of aromatic nitrogens is 2. The van der Waals surface area contributed by atoms with Gasteiger partial charge in [-0.15, -0.1) is 10.2 Å². The number of halogens is 1. The third-order valence-electron chi connectivity index (χ3n) is 2.18. The molecule has 0 amide bonds. The zero-order valence-corrected chi connectivity index (χ0v) is 9.07. The number of hydrogen-bond donors (Lipinski definition) is 1. The molecule has 1 heterocycles. The maximum atomic E-state index is 13.1. The van der Waals surface area contributed by atoms with Gasteiger partial charge in [0, 0.05) is 11.6 Å². The minimum Gasteiger partial charge on any atom is -0.420 e. The molecular formula is C11H12FN3O. The van der Waals surface area contributed by atoms with Crippen molar-refractivity contribution in [1.82, 2.24) is 10.2 Å². The highest BCUT2D eigenvalue weighted by molar-refractivity contribution is 5.69. The Morgan fingerprint density at radius 2 is 2.06 bits per heavy atom. The average Bonchev–Trinajstić information content (AvgIpc) is 2.70. The van der Waals surface area contributed by atoms with Gasteiger partial charge in [0.25, 0.3) is 0 Å². The van der Waals surface area contributed by atoms with Crippen LogP contribution in [0.1, 0.15) is 25.7 Å². The highest BCUT2D eigenvalue weighted by atomic mass is 19.1. The number of nitrogens with zero attached hydrogens (tertiary/aromatic N) is 2. The predicted octanol–water partition coefficient (Wildman–Crippen LogP) is 2.58. The molecule has 0 aliphatic rings. The summed E-state index contributed by atoms with van der Waals surface area (Å²) in [6.07, 6.45) is 0.